The maximum absolute atomic E-state index is 2.36. The molecule has 0 N–H and O–H groups in total. The van der Waals surface area contributed by atoms with Crippen LogP contribution in [0, 0.1) is 0 Å². The molecule has 18 heavy (non-hydrogen) atoms. The predicted molar refractivity (Wildman–Crippen MR) is 85.2 cm³/mol. The molecule has 1 saturated heterocycles. The molecule has 0 unspecified atom stereocenters. The number of likely N-dealkylation sites (tertiary alicyclic amines) is 1. The fourth-order valence-corrected chi connectivity index (χ4v) is 1.59. The van der Waals surface area contributed by atoms with Crippen LogP contribution in [0.2, 0.25) is 0 Å². The Morgan fingerprint density at radius 2 is 1.33 bits per heavy atom. The van der Waals surface area contributed by atoms with Gasteiger partial charge in [0.25, 0.3) is 0 Å². The third kappa shape index (κ3) is 11.7. The molecule has 0 bridgehead atoms. The van der Waals surface area contributed by atoms with E-state index in [0.717, 1.165) is 6.42 Å². The highest BCUT2D eigenvalue weighted by atomic mass is 15.1. The maximum atomic E-state index is 2.36. The number of hydrogen-bond acceptors (Lipinski definition) is 1. The summed E-state index contributed by atoms with van der Waals surface area (Å²) in [5, 5.41) is 0. The second kappa shape index (κ2) is 16.2. The van der Waals surface area contributed by atoms with Gasteiger partial charge in [-0.3, -0.25) is 0 Å². The summed E-state index contributed by atoms with van der Waals surface area (Å²) in [6, 6.07) is 10.5. The van der Waals surface area contributed by atoms with Crippen molar-refractivity contribution in [3.8, 4) is 0 Å². The summed E-state index contributed by atoms with van der Waals surface area (Å²) < 4.78 is 0. The Morgan fingerprint density at radius 1 is 0.889 bits per heavy atom. The van der Waals surface area contributed by atoms with Crippen LogP contribution in [0.1, 0.15) is 53.0 Å². The van der Waals surface area contributed by atoms with Crippen LogP contribution in [-0.2, 0) is 6.42 Å². The van der Waals surface area contributed by atoms with Gasteiger partial charge in [0, 0.05) is 0 Å². The van der Waals surface area contributed by atoms with Gasteiger partial charge in [-0.25, -0.2) is 0 Å². The van der Waals surface area contributed by atoms with Gasteiger partial charge in [-0.2, -0.15) is 0 Å². The first-order valence-corrected chi connectivity index (χ1v) is 7.55. The Labute approximate surface area is 115 Å². The first kappa shape index (κ1) is 19.5. The van der Waals surface area contributed by atoms with Crippen LogP contribution in [0.3, 0.4) is 0 Å². The highest BCUT2D eigenvalue weighted by Crippen LogP contribution is 2.02. The molecule has 2 rings (SSSR count). The number of rotatable bonds is 1. The Balaban J connectivity index is 0. The summed E-state index contributed by atoms with van der Waals surface area (Å²) in [6.07, 6.45) is 3.97. The van der Waals surface area contributed by atoms with E-state index in [2.05, 4.69) is 43.1 Å². The van der Waals surface area contributed by atoms with E-state index < -0.39 is 0 Å². The summed E-state index contributed by atoms with van der Waals surface area (Å²) in [6.45, 7) is 12.8. The molecule has 0 aromatic heterocycles. The third-order valence-corrected chi connectivity index (χ3v) is 2.58. The van der Waals surface area contributed by atoms with E-state index in [1.807, 2.05) is 33.8 Å². The van der Waals surface area contributed by atoms with E-state index in [9.17, 15) is 0 Å². The van der Waals surface area contributed by atoms with Crippen molar-refractivity contribution in [2.24, 2.45) is 0 Å². The minimum Gasteiger partial charge on any atom is -0.306 e. The van der Waals surface area contributed by atoms with Gasteiger partial charge >= 0.3 is 0 Å². The van der Waals surface area contributed by atoms with Crippen LogP contribution in [0.4, 0.5) is 0 Å². The maximum Gasteiger partial charge on any atom is -0.00213 e. The Bertz CT molecular complexity index is 225. The second-order valence-electron chi connectivity index (χ2n) is 3.85. The molecule has 1 aliphatic rings. The van der Waals surface area contributed by atoms with E-state index in [4.69, 9.17) is 0 Å². The molecule has 0 atom stereocenters. The highest BCUT2D eigenvalue weighted by molar-refractivity contribution is 5.13. The predicted octanol–water partition coefficient (Wildman–Crippen LogP) is 5.01. The minimum atomic E-state index is 1.14. The van der Waals surface area contributed by atoms with Crippen molar-refractivity contribution in [1.29, 1.82) is 0 Å². The van der Waals surface area contributed by atoms with Gasteiger partial charge in [0.2, 0.25) is 0 Å². The lowest BCUT2D eigenvalue weighted by atomic mass is 10.2. The van der Waals surface area contributed by atoms with Crippen molar-refractivity contribution in [3.63, 3.8) is 0 Å². The van der Waals surface area contributed by atoms with Crippen LogP contribution in [0.15, 0.2) is 30.3 Å². The van der Waals surface area contributed by atoms with Crippen molar-refractivity contribution >= 4 is 0 Å². The summed E-state index contributed by atoms with van der Waals surface area (Å²) in [5.41, 5.74) is 1.41. The molecule has 1 fully saturated rings. The third-order valence-electron chi connectivity index (χ3n) is 2.58. The lowest BCUT2D eigenvalue weighted by molar-refractivity contribution is 0.418. The van der Waals surface area contributed by atoms with Gasteiger partial charge in [-0.1, -0.05) is 65.0 Å². The molecule has 0 aliphatic carbocycles. The quantitative estimate of drug-likeness (QED) is 0.678. The molecule has 1 aromatic carbocycles. The summed E-state index contributed by atoms with van der Waals surface area (Å²) in [4.78, 5) is 2.36. The van der Waals surface area contributed by atoms with Gasteiger partial charge < -0.3 is 4.90 Å². The van der Waals surface area contributed by atoms with Crippen molar-refractivity contribution in [2.75, 3.05) is 20.1 Å². The smallest absolute Gasteiger partial charge is 0.00213 e. The minimum absolute atomic E-state index is 1.14. The zero-order valence-corrected chi connectivity index (χ0v) is 13.4. The van der Waals surface area contributed by atoms with Crippen LogP contribution >= 0.6 is 0 Å². The standard InChI is InChI=1S/C8H10.C5H11N.2C2H6/c1-2-8-6-4-3-5-7-8;1-6-4-2-3-5-6;2*1-2/h3-7H,2H2,1H3;2-5H2,1H3;2*1-2H3. The topological polar surface area (TPSA) is 3.24 Å². The zero-order chi connectivity index (χ0) is 14.2. The Hall–Kier alpha value is -0.820. The lowest BCUT2D eigenvalue weighted by Crippen LogP contribution is -2.10. The largest absolute Gasteiger partial charge is 0.306 e. The van der Waals surface area contributed by atoms with Crippen molar-refractivity contribution < 1.29 is 0 Å². The lowest BCUT2D eigenvalue weighted by Gasteiger charge is -2.01. The molecule has 0 spiro atoms. The van der Waals surface area contributed by atoms with Crippen LogP contribution < -0.4 is 0 Å². The number of aryl methyl sites for hydroxylation is 1. The number of benzene rings is 1. The van der Waals surface area contributed by atoms with Crippen molar-refractivity contribution in [2.45, 2.75) is 53.9 Å². The van der Waals surface area contributed by atoms with Gasteiger partial charge in [0.1, 0.15) is 0 Å². The summed E-state index contributed by atoms with van der Waals surface area (Å²) in [7, 11) is 2.17. The molecule has 0 amide bonds. The van der Waals surface area contributed by atoms with Gasteiger partial charge in [-0.05, 0) is 45.0 Å². The molecule has 1 aliphatic heterocycles. The number of hydrogen-bond donors (Lipinski definition) is 0. The normalized spacial score (nSPS) is 13.2. The molecule has 0 radical (unpaired) electrons. The average molecular weight is 251 g/mol. The van der Waals surface area contributed by atoms with Crippen molar-refractivity contribution in [1.82, 2.24) is 4.90 Å². The zero-order valence-electron chi connectivity index (χ0n) is 13.4. The van der Waals surface area contributed by atoms with Crippen molar-refractivity contribution in [3.05, 3.63) is 35.9 Å². The Kier molecular flexibility index (Phi) is 17.5. The molecule has 106 valence electrons. The summed E-state index contributed by atoms with van der Waals surface area (Å²) >= 11 is 0. The van der Waals surface area contributed by atoms with Gasteiger partial charge in [-0.15, -0.1) is 0 Å². The van der Waals surface area contributed by atoms with E-state index in [-0.39, 0.29) is 0 Å². The monoisotopic (exact) mass is 251 g/mol. The van der Waals surface area contributed by atoms with E-state index in [0.29, 0.717) is 0 Å². The van der Waals surface area contributed by atoms with E-state index >= 15 is 0 Å². The van der Waals surface area contributed by atoms with E-state index in [1.54, 1.807) is 0 Å². The molecule has 1 nitrogen and oxygen atoms in total. The SMILES string of the molecule is CC.CC.CCc1ccccc1.CN1CCCC1. The highest BCUT2D eigenvalue weighted by Gasteiger charge is 2.03. The van der Waals surface area contributed by atoms with E-state index in [1.165, 1.54) is 31.5 Å². The first-order valence-electron chi connectivity index (χ1n) is 7.55. The Morgan fingerprint density at radius 3 is 1.56 bits per heavy atom. The first-order chi connectivity index (χ1) is 8.83. The molecule has 1 aromatic rings. The van der Waals surface area contributed by atoms with Gasteiger partial charge in [0.15, 0.2) is 0 Å². The van der Waals surface area contributed by atoms with Gasteiger partial charge in [0.05, 0.1) is 0 Å². The molecule has 1 heterocycles. The molecule has 0 saturated carbocycles. The average Bonchev–Trinajstić information content (AvgIpc) is 2.96. The fraction of sp³-hybridized carbons (Fsp3) is 0.647. The molecule has 1 heteroatoms. The van der Waals surface area contributed by atoms with Crippen LogP contribution in [-0.4, -0.2) is 25.0 Å². The molecular weight excluding hydrogens is 218 g/mol. The molecular formula is C17H33N. The van der Waals surface area contributed by atoms with Crippen LogP contribution in [0.5, 0.6) is 0 Å². The fourth-order valence-electron chi connectivity index (χ4n) is 1.59. The summed E-state index contributed by atoms with van der Waals surface area (Å²) in [5.74, 6) is 0. The second-order valence-corrected chi connectivity index (χ2v) is 3.85. The number of nitrogens with zero attached hydrogens (tertiary/aromatic N) is 1. The van der Waals surface area contributed by atoms with Crippen LogP contribution in [0.25, 0.3) is 0 Å².